The number of ether oxygens (including phenoxy) is 4. The molecule has 0 aromatic heterocycles. The molecule has 0 unspecified atom stereocenters. The molecule has 2 N–H and O–H groups in total. The van der Waals surface area contributed by atoms with Crippen LogP contribution in [0.3, 0.4) is 0 Å². The van der Waals surface area contributed by atoms with E-state index in [1.54, 1.807) is 46.8 Å². The van der Waals surface area contributed by atoms with E-state index < -0.39 is 65.5 Å². The van der Waals surface area contributed by atoms with Crippen molar-refractivity contribution in [2.24, 2.45) is 11.8 Å². The SMILES string of the molecule is C=C1C(=O)O[C@@H]2[C@@H]1[C@H](OC(=O)/C(C)=C\C)[C@]1(O)O[C@H](C[C@@H]1C)C[C@@](C)(O)[C@@H]2OC(=O)/C(C)=C\C. The molecule has 0 aliphatic carbocycles. The van der Waals surface area contributed by atoms with Crippen LogP contribution in [0.25, 0.3) is 0 Å². The first-order valence-electron chi connectivity index (χ1n) is 11.5. The molecule has 3 aliphatic rings. The number of fused-ring (bicyclic) bond motifs is 3. The number of carbonyl (C=O) groups is 3. The van der Waals surface area contributed by atoms with Gasteiger partial charge in [-0.25, -0.2) is 14.4 Å². The summed E-state index contributed by atoms with van der Waals surface area (Å²) in [6.45, 7) is 13.5. The molecule has 0 radical (unpaired) electrons. The summed E-state index contributed by atoms with van der Waals surface area (Å²) < 4.78 is 23.0. The maximum absolute atomic E-state index is 12.8. The van der Waals surface area contributed by atoms with Crippen LogP contribution < -0.4 is 0 Å². The summed E-state index contributed by atoms with van der Waals surface area (Å²) in [6, 6.07) is 0. The monoisotopic (exact) mass is 478 g/mol. The van der Waals surface area contributed by atoms with Gasteiger partial charge in [-0.05, 0) is 41.0 Å². The minimum atomic E-state index is -1.98. The van der Waals surface area contributed by atoms with Gasteiger partial charge in [-0.2, -0.15) is 0 Å². The van der Waals surface area contributed by atoms with Crippen LogP contribution in [-0.4, -0.2) is 63.9 Å². The Labute approximate surface area is 199 Å². The quantitative estimate of drug-likeness (QED) is 0.355. The molecule has 0 aromatic rings. The number of aliphatic hydroxyl groups is 2. The summed E-state index contributed by atoms with van der Waals surface area (Å²) >= 11 is 0. The highest BCUT2D eigenvalue weighted by Gasteiger charge is 2.65. The van der Waals surface area contributed by atoms with Crippen molar-refractivity contribution in [3.05, 3.63) is 35.5 Å². The second-order valence-electron chi connectivity index (χ2n) is 9.71. The first-order chi connectivity index (χ1) is 15.8. The Bertz CT molecular complexity index is 946. The predicted molar refractivity (Wildman–Crippen MR) is 120 cm³/mol. The average molecular weight is 479 g/mol. The van der Waals surface area contributed by atoms with Crippen LogP contribution in [0.2, 0.25) is 0 Å². The summed E-state index contributed by atoms with van der Waals surface area (Å²) in [5, 5.41) is 23.1. The molecule has 34 heavy (non-hydrogen) atoms. The zero-order valence-electron chi connectivity index (χ0n) is 20.5. The molecule has 3 rings (SSSR count). The van der Waals surface area contributed by atoms with Crippen LogP contribution in [0.4, 0.5) is 0 Å². The van der Waals surface area contributed by atoms with Crippen molar-refractivity contribution in [2.45, 2.75) is 90.2 Å². The average Bonchev–Trinajstić information content (AvgIpc) is 3.22. The summed E-state index contributed by atoms with van der Waals surface area (Å²) in [5.41, 5.74) is -1.19. The molecular weight excluding hydrogens is 444 g/mol. The Morgan fingerprint density at radius 1 is 1.09 bits per heavy atom. The van der Waals surface area contributed by atoms with Gasteiger partial charge in [0.25, 0.3) is 0 Å². The fourth-order valence-corrected chi connectivity index (χ4v) is 4.87. The summed E-state index contributed by atoms with van der Waals surface area (Å²) in [4.78, 5) is 38.1. The van der Waals surface area contributed by atoms with Gasteiger partial charge in [0.05, 0.1) is 12.0 Å². The van der Waals surface area contributed by atoms with E-state index in [9.17, 15) is 24.6 Å². The topological polar surface area (TPSA) is 129 Å². The molecule has 0 aromatic carbocycles. The number of allylic oxidation sites excluding steroid dienone is 2. The third kappa shape index (κ3) is 4.44. The van der Waals surface area contributed by atoms with E-state index in [1.165, 1.54) is 6.92 Å². The van der Waals surface area contributed by atoms with Crippen molar-refractivity contribution in [3.63, 3.8) is 0 Å². The molecule has 3 saturated heterocycles. The fourth-order valence-electron chi connectivity index (χ4n) is 4.87. The molecule has 9 heteroatoms. The van der Waals surface area contributed by atoms with E-state index in [0.29, 0.717) is 12.0 Å². The van der Waals surface area contributed by atoms with E-state index in [4.69, 9.17) is 18.9 Å². The third-order valence-electron chi connectivity index (χ3n) is 7.20. The Kier molecular flexibility index (Phi) is 7.13. The van der Waals surface area contributed by atoms with E-state index in [2.05, 4.69) is 6.58 Å². The Hall–Kier alpha value is -2.49. The summed E-state index contributed by atoms with van der Waals surface area (Å²) in [5.74, 6) is -5.84. The van der Waals surface area contributed by atoms with Crippen molar-refractivity contribution < 1.29 is 43.5 Å². The standard InChI is InChI=1S/C25H34O9/c1-8-12(3)21(26)32-19-17-15(6)23(28)31-18(17)20(33-22(27)13(4)9-2)24(7,29)11-16-10-14(5)25(19,30)34-16/h8-9,14,16-20,29-30H,6,10-11H2,1-5,7H3/b12-8-,13-9-/t14-,16+,17+,18+,19-,20+,24+,25+/m0/s1. The van der Waals surface area contributed by atoms with Crippen LogP contribution in [0.5, 0.6) is 0 Å². The molecule has 188 valence electrons. The molecule has 3 fully saturated rings. The second-order valence-corrected chi connectivity index (χ2v) is 9.71. The predicted octanol–water partition coefficient (Wildman–Crippen LogP) is 2.11. The number of carbonyl (C=O) groups excluding carboxylic acids is 3. The van der Waals surface area contributed by atoms with Gasteiger partial charge in [0.1, 0.15) is 5.60 Å². The van der Waals surface area contributed by atoms with E-state index >= 15 is 0 Å². The molecule has 0 saturated carbocycles. The van der Waals surface area contributed by atoms with Gasteiger partial charge in [0, 0.05) is 29.1 Å². The normalized spacial score (nSPS) is 40.6. The van der Waals surface area contributed by atoms with Crippen LogP contribution >= 0.6 is 0 Å². The Morgan fingerprint density at radius 2 is 1.62 bits per heavy atom. The maximum atomic E-state index is 12.8. The number of rotatable bonds is 4. The van der Waals surface area contributed by atoms with Gasteiger partial charge in [-0.1, -0.05) is 25.7 Å². The smallest absolute Gasteiger partial charge is 0.334 e. The zero-order valence-corrected chi connectivity index (χ0v) is 20.5. The van der Waals surface area contributed by atoms with Gasteiger partial charge in [0.15, 0.2) is 18.3 Å². The van der Waals surface area contributed by atoms with Crippen LogP contribution in [-0.2, 0) is 33.3 Å². The highest BCUT2D eigenvalue weighted by atomic mass is 16.7. The Morgan fingerprint density at radius 3 is 2.15 bits per heavy atom. The molecular formula is C25H34O9. The molecule has 3 heterocycles. The van der Waals surface area contributed by atoms with Crippen molar-refractivity contribution >= 4 is 17.9 Å². The van der Waals surface area contributed by atoms with Crippen molar-refractivity contribution in [2.75, 3.05) is 0 Å². The van der Waals surface area contributed by atoms with E-state index in [0.717, 1.165) is 0 Å². The molecule has 0 amide bonds. The first-order valence-corrected chi connectivity index (χ1v) is 11.5. The van der Waals surface area contributed by atoms with Crippen LogP contribution in [0.15, 0.2) is 35.5 Å². The Balaban J connectivity index is 2.17. The molecule has 0 spiro atoms. The van der Waals surface area contributed by atoms with Gasteiger partial charge >= 0.3 is 17.9 Å². The molecule has 8 atom stereocenters. The lowest BCUT2D eigenvalue weighted by atomic mass is 9.75. The number of hydrogen-bond donors (Lipinski definition) is 2. The maximum Gasteiger partial charge on any atom is 0.334 e. The van der Waals surface area contributed by atoms with E-state index in [-0.39, 0.29) is 17.6 Å². The van der Waals surface area contributed by atoms with Crippen molar-refractivity contribution in [3.8, 4) is 0 Å². The van der Waals surface area contributed by atoms with Crippen molar-refractivity contribution in [1.29, 1.82) is 0 Å². The number of hydrogen-bond acceptors (Lipinski definition) is 9. The minimum absolute atomic E-state index is 0.0196. The van der Waals surface area contributed by atoms with Gasteiger partial charge in [-0.15, -0.1) is 0 Å². The molecule has 3 aliphatic heterocycles. The lowest BCUT2D eigenvalue weighted by Crippen LogP contribution is -2.58. The summed E-state index contributed by atoms with van der Waals surface area (Å²) in [7, 11) is 0. The zero-order chi connectivity index (χ0) is 25.6. The lowest BCUT2D eigenvalue weighted by molar-refractivity contribution is -0.277. The largest absolute Gasteiger partial charge is 0.454 e. The van der Waals surface area contributed by atoms with Crippen LogP contribution in [0, 0.1) is 11.8 Å². The first kappa shape index (κ1) is 26.1. The molecule has 2 bridgehead atoms. The highest BCUT2D eigenvalue weighted by molar-refractivity contribution is 5.92. The second kappa shape index (κ2) is 9.28. The fraction of sp³-hybridized carbons (Fsp3) is 0.640. The highest BCUT2D eigenvalue weighted by Crippen LogP contribution is 2.50. The lowest BCUT2D eigenvalue weighted by Gasteiger charge is -2.41. The third-order valence-corrected chi connectivity index (χ3v) is 7.20. The van der Waals surface area contributed by atoms with Gasteiger partial charge < -0.3 is 29.2 Å². The van der Waals surface area contributed by atoms with E-state index in [1.807, 2.05) is 0 Å². The molecule has 9 nitrogen and oxygen atoms in total. The van der Waals surface area contributed by atoms with Gasteiger partial charge in [0.2, 0.25) is 5.79 Å². The number of esters is 3. The van der Waals surface area contributed by atoms with Crippen molar-refractivity contribution in [1.82, 2.24) is 0 Å². The van der Waals surface area contributed by atoms with Gasteiger partial charge in [-0.3, -0.25) is 0 Å². The minimum Gasteiger partial charge on any atom is -0.454 e. The van der Waals surface area contributed by atoms with Crippen LogP contribution in [0.1, 0.15) is 54.4 Å². The summed E-state index contributed by atoms with van der Waals surface area (Å²) in [6.07, 6.45) is -1.21.